The predicted octanol–water partition coefficient (Wildman–Crippen LogP) is 4.27. The van der Waals surface area contributed by atoms with Crippen LogP contribution in [-0.2, 0) is 19.6 Å². The van der Waals surface area contributed by atoms with E-state index < -0.39 is 0 Å². The van der Waals surface area contributed by atoms with Gasteiger partial charge < -0.3 is 4.74 Å². The molecule has 6 heteroatoms. The predicted molar refractivity (Wildman–Crippen MR) is 86.2 cm³/mol. The summed E-state index contributed by atoms with van der Waals surface area (Å²) in [5.41, 5.74) is 2.37. The molecule has 1 aromatic carbocycles. The van der Waals surface area contributed by atoms with Crippen molar-refractivity contribution in [3.8, 4) is 5.75 Å². The molecule has 112 valence electrons. The number of aromatic nitrogens is 2. The molecule has 2 rings (SSSR count). The molecule has 4 nitrogen and oxygen atoms in total. The molecule has 0 atom stereocenters. The molecular weight excluding hydrogens is 356 g/mol. The van der Waals surface area contributed by atoms with Gasteiger partial charge in [0.25, 0.3) is 0 Å². The highest BCUT2D eigenvalue weighted by molar-refractivity contribution is 9.10. The van der Waals surface area contributed by atoms with Crippen LogP contribution < -0.4 is 4.74 Å². The van der Waals surface area contributed by atoms with Crippen molar-refractivity contribution < 1.29 is 9.53 Å². The summed E-state index contributed by atoms with van der Waals surface area (Å²) in [7, 11) is 0. The SMILES string of the molecule is CCc1nn(CC)c(COc2c(Cl)cccc2C=O)c1Br. The zero-order valence-corrected chi connectivity index (χ0v) is 14.2. The molecule has 1 aromatic heterocycles. The second-order valence-electron chi connectivity index (χ2n) is 4.44. The lowest BCUT2D eigenvalue weighted by Crippen LogP contribution is -2.07. The van der Waals surface area contributed by atoms with Gasteiger partial charge in [-0.15, -0.1) is 0 Å². The standard InChI is InChI=1S/C15H16BrClN2O2/c1-3-12-14(16)13(19(4-2)18-12)9-21-15-10(8-20)6-5-7-11(15)17/h5-8H,3-4,9H2,1-2H3. The second kappa shape index (κ2) is 7.09. The second-order valence-corrected chi connectivity index (χ2v) is 5.64. The van der Waals surface area contributed by atoms with Crippen LogP contribution in [0.5, 0.6) is 5.75 Å². The Balaban J connectivity index is 2.28. The fourth-order valence-corrected chi connectivity index (χ4v) is 2.98. The summed E-state index contributed by atoms with van der Waals surface area (Å²) in [5, 5.41) is 4.94. The number of hydrogen-bond acceptors (Lipinski definition) is 3. The fourth-order valence-electron chi connectivity index (χ4n) is 2.07. The van der Waals surface area contributed by atoms with Crippen molar-refractivity contribution in [3.63, 3.8) is 0 Å². The quantitative estimate of drug-likeness (QED) is 0.712. The summed E-state index contributed by atoms with van der Waals surface area (Å²) in [4.78, 5) is 11.1. The zero-order chi connectivity index (χ0) is 15.4. The lowest BCUT2D eigenvalue weighted by atomic mass is 10.2. The summed E-state index contributed by atoms with van der Waals surface area (Å²) >= 11 is 9.67. The van der Waals surface area contributed by atoms with Crippen LogP contribution in [0.2, 0.25) is 5.02 Å². The van der Waals surface area contributed by atoms with Gasteiger partial charge in [-0.3, -0.25) is 9.48 Å². The summed E-state index contributed by atoms with van der Waals surface area (Å²) in [6, 6.07) is 5.10. The maximum absolute atomic E-state index is 11.1. The number of halogens is 2. The minimum atomic E-state index is 0.298. The molecular formula is C15H16BrClN2O2. The summed E-state index contributed by atoms with van der Waals surface area (Å²) in [5.74, 6) is 0.406. The average molecular weight is 372 g/mol. The van der Waals surface area contributed by atoms with Gasteiger partial charge in [0.05, 0.1) is 26.4 Å². The van der Waals surface area contributed by atoms with Crippen LogP contribution >= 0.6 is 27.5 Å². The van der Waals surface area contributed by atoms with Gasteiger partial charge in [0.15, 0.2) is 6.29 Å². The molecule has 0 unspecified atom stereocenters. The molecule has 0 spiro atoms. The number of nitrogens with zero attached hydrogens (tertiary/aromatic N) is 2. The lowest BCUT2D eigenvalue weighted by Gasteiger charge is -2.11. The number of para-hydroxylation sites is 1. The van der Waals surface area contributed by atoms with Crippen molar-refractivity contribution >= 4 is 33.8 Å². The molecule has 0 saturated heterocycles. The molecule has 0 bridgehead atoms. The van der Waals surface area contributed by atoms with Crippen LogP contribution in [0.15, 0.2) is 22.7 Å². The topological polar surface area (TPSA) is 44.1 Å². The molecule has 1 heterocycles. The molecule has 0 N–H and O–H groups in total. The summed E-state index contributed by atoms with van der Waals surface area (Å²) in [6.07, 6.45) is 1.58. The van der Waals surface area contributed by atoms with Crippen molar-refractivity contribution in [3.05, 3.63) is 44.6 Å². The zero-order valence-electron chi connectivity index (χ0n) is 11.9. The first-order valence-corrected chi connectivity index (χ1v) is 7.89. The Morgan fingerprint density at radius 1 is 1.43 bits per heavy atom. The van der Waals surface area contributed by atoms with Crippen LogP contribution in [0, 0.1) is 0 Å². The van der Waals surface area contributed by atoms with E-state index in [1.807, 2.05) is 11.6 Å². The van der Waals surface area contributed by atoms with E-state index in [-0.39, 0.29) is 0 Å². The van der Waals surface area contributed by atoms with Crippen molar-refractivity contribution in [2.75, 3.05) is 0 Å². The van der Waals surface area contributed by atoms with Crippen molar-refractivity contribution in [1.82, 2.24) is 9.78 Å². The number of aryl methyl sites for hydroxylation is 2. The van der Waals surface area contributed by atoms with E-state index in [1.54, 1.807) is 18.2 Å². The molecule has 0 saturated carbocycles. The maximum Gasteiger partial charge on any atom is 0.153 e. The molecule has 0 aliphatic rings. The van der Waals surface area contributed by atoms with Crippen LogP contribution in [0.25, 0.3) is 0 Å². The highest BCUT2D eigenvalue weighted by Crippen LogP contribution is 2.30. The Hall–Kier alpha value is -1.33. The molecule has 0 aliphatic carbocycles. The van der Waals surface area contributed by atoms with Crippen LogP contribution in [0.4, 0.5) is 0 Å². The third kappa shape index (κ3) is 3.30. The van der Waals surface area contributed by atoms with Crippen molar-refractivity contribution in [2.45, 2.75) is 33.4 Å². The number of rotatable bonds is 6. The number of hydrogen-bond donors (Lipinski definition) is 0. The minimum absolute atomic E-state index is 0.298. The minimum Gasteiger partial charge on any atom is -0.485 e. The first kappa shape index (κ1) is 16.0. The molecule has 2 aromatic rings. The van der Waals surface area contributed by atoms with E-state index in [2.05, 4.69) is 28.0 Å². The van der Waals surface area contributed by atoms with E-state index in [0.29, 0.717) is 22.9 Å². The van der Waals surface area contributed by atoms with E-state index in [1.165, 1.54) is 0 Å². The highest BCUT2D eigenvalue weighted by atomic mass is 79.9. The van der Waals surface area contributed by atoms with Crippen LogP contribution in [0.1, 0.15) is 35.6 Å². The largest absolute Gasteiger partial charge is 0.485 e. The Morgan fingerprint density at radius 3 is 2.81 bits per heavy atom. The highest BCUT2D eigenvalue weighted by Gasteiger charge is 2.16. The van der Waals surface area contributed by atoms with Gasteiger partial charge in [-0.25, -0.2) is 0 Å². The van der Waals surface area contributed by atoms with Crippen LogP contribution in [-0.4, -0.2) is 16.1 Å². The molecule has 0 radical (unpaired) electrons. The molecule has 0 fully saturated rings. The number of carbonyl (C=O) groups excluding carboxylic acids is 1. The van der Waals surface area contributed by atoms with Gasteiger partial charge >= 0.3 is 0 Å². The van der Waals surface area contributed by atoms with Gasteiger partial charge in [-0.1, -0.05) is 24.6 Å². The number of benzene rings is 1. The Labute approximate surface area is 137 Å². The van der Waals surface area contributed by atoms with E-state index >= 15 is 0 Å². The van der Waals surface area contributed by atoms with Gasteiger partial charge in [0, 0.05) is 6.54 Å². The van der Waals surface area contributed by atoms with Gasteiger partial charge in [0.2, 0.25) is 0 Å². The van der Waals surface area contributed by atoms with E-state index in [4.69, 9.17) is 16.3 Å². The summed E-state index contributed by atoms with van der Waals surface area (Å²) in [6.45, 7) is 5.12. The molecule has 0 amide bonds. The maximum atomic E-state index is 11.1. The number of carbonyl (C=O) groups is 1. The fraction of sp³-hybridized carbons (Fsp3) is 0.333. The Kier molecular flexibility index (Phi) is 5.42. The molecule has 21 heavy (non-hydrogen) atoms. The van der Waals surface area contributed by atoms with Crippen LogP contribution in [0.3, 0.4) is 0 Å². The van der Waals surface area contributed by atoms with Crippen molar-refractivity contribution in [1.29, 1.82) is 0 Å². The van der Waals surface area contributed by atoms with E-state index in [0.717, 1.165) is 35.1 Å². The molecule has 0 aliphatic heterocycles. The Bertz CT molecular complexity index is 655. The third-order valence-corrected chi connectivity index (χ3v) is 4.38. The average Bonchev–Trinajstić information content (AvgIpc) is 2.81. The number of ether oxygens (including phenoxy) is 1. The van der Waals surface area contributed by atoms with Gasteiger partial charge in [-0.05, 0) is 41.4 Å². The van der Waals surface area contributed by atoms with Gasteiger partial charge in [-0.2, -0.15) is 5.10 Å². The third-order valence-electron chi connectivity index (χ3n) is 3.17. The first-order valence-electron chi connectivity index (χ1n) is 6.72. The monoisotopic (exact) mass is 370 g/mol. The van der Waals surface area contributed by atoms with Crippen molar-refractivity contribution in [2.24, 2.45) is 0 Å². The van der Waals surface area contributed by atoms with E-state index in [9.17, 15) is 4.79 Å². The van der Waals surface area contributed by atoms with Gasteiger partial charge in [0.1, 0.15) is 12.4 Å². The lowest BCUT2D eigenvalue weighted by molar-refractivity contribution is 0.111. The smallest absolute Gasteiger partial charge is 0.153 e. The number of aldehydes is 1. The normalized spacial score (nSPS) is 10.7. The first-order chi connectivity index (χ1) is 10.1. The summed E-state index contributed by atoms with van der Waals surface area (Å²) < 4.78 is 8.61. The Morgan fingerprint density at radius 2 is 2.19 bits per heavy atom.